The maximum atomic E-state index is 8.87. The zero-order chi connectivity index (χ0) is 9.97. The number of hydrogen-bond donors (Lipinski definition) is 1. The normalized spacial score (nSPS) is 24.3. The standard InChI is InChI=1S/C12H14N2/c1-9-6-12(9)14-8-11-5-3-2-4-10(11)7-13/h2-5,9,12,14H,6,8H2,1H3. The predicted octanol–water partition coefficient (Wildman–Crippen LogP) is 2.06. The van der Waals surface area contributed by atoms with Crippen molar-refractivity contribution in [3.63, 3.8) is 0 Å². The highest BCUT2D eigenvalue weighted by molar-refractivity contribution is 5.37. The Morgan fingerprint density at radius 2 is 2.21 bits per heavy atom. The van der Waals surface area contributed by atoms with E-state index in [0.717, 1.165) is 23.6 Å². The summed E-state index contributed by atoms with van der Waals surface area (Å²) in [7, 11) is 0. The van der Waals surface area contributed by atoms with Crippen LogP contribution < -0.4 is 5.32 Å². The summed E-state index contributed by atoms with van der Waals surface area (Å²) in [6.45, 7) is 3.06. The molecule has 0 spiro atoms. The number of nitrogens with one attached hydrogen (secondary N) is 1. The van der Waals surface area contributed by atoms with Gasteiger partial charge in [-0.2, -0.15) is 5.26 Å². The molecule has 1 N–H and O–H groups in total. The molecule has 72 valence electrons. The molecule has 2 atom stereocenters. The molecule has 0 radical (unpaired) electrons. The van der Waals surface area contributed by atoms with Gasteiger partial charge in [0.15, 0.2) is 0 Å². The van der Waals surface area contributed by atoms with Crippen molar-refractivity contribution in [2.24, 2.45) is 5.92 Å². The number of benzene rings is 1. The number of nitrogens with zero attached hydrogens (tertiary/aromatic N) is 1. The summed E-state index contributed by atoms with van der Waals surface area (Å²) in [5.41, 5.74) is 1.89. The Morgan fingerprint density at radius 3 is 2.86 bits per heavy atom. The Hall–Kier alpha value is -1.33. The Labute approximate surface area is 84.6 Å². The Morgan fingerprint density at radius 1 is 1.50 bits per heavy atom. The van der Waals surface area contributed by atoms with Gasteiger partial charge >= 0.3 is 0 Å². The van der Waals surface area contributed by atoms with Crippen LogP contribution in [0.4, 0.5) is 0 Å². The molecule has 1 aromatic carbocycles. The van der Waals surface area contributed by atoms with Gasteiger partial charge in [0.1, 0.15) is 0 Å². The summed E-state index contributed by atoms with van der Waals surface area (Å²) < 4.78 is 0. The topological polar surface area (TPSA) is 35.8 Å². The maximum absolute atomic E-state index is 8.87. The highest BCUT2D eigenvalue weighted by Crippen LogP contribution is 2.29. The number of nitriles is 1. The highest BCUT2D eigenvalue weighted by atomic mass is 15.0. The lowest BCUT2D eigenvalue weighted by Crippen LogP contribution is -2.17. The second-order valence-corrected chi connectivity index (χ2v) is 3.97. The van der Waals surface area contributed by atoms with Gasteiger partial charge in [0.05, 0.1) is 11.6 Å². The first kappa shape index (κ1) is 9.23. The Balaban J connectivity index is 1.98. The van der Waals surface area contributed by atoms with E-state index in [0.29, 0.717) is 6.04 Å². The lowest BCUT2D eigenvalue weighted by molar-refractivity contribution is 0.652. The molecule has 0 amide bonds. The lowest BCUT2D eigenvalue weighted by Gasteiger charge is -2.04. The van der Waals surface area contributed by atoms with Crippen LogP contribution in [-0.4, -0.2) is 6.04 Å². The number of hydrogen-bond acceptors (Lipinski definition) is 2. The fraction of sp³-hybridized carbons (Fsp3) is 0.417. The van der Waals surface area contributed by atoms with E-state index in [2.05, 4.69) is 18.3 Å². The monoisotopic (exact) mass is 186 g/mol. The quantitative estimate of drug-likeness (QED) is 0.784. The van der Waals surface area contributed by atoms with E-state index in [1.54, 1.807) is 0 Å². The van der Waals surface area contributed by atoms with Crippen molar-refractivity contribution in [1.82, 2.24) is 5.32 Å². The SMILES string of the molecule is CC1CC1NCc1ccccc1C#N. The molecule has 2 unspecified atom stereocenters. The van der Waals surface area contributed by atoms with E-state index < -0.39 is 0 Å². The van der Waals surface area contributed by atoms with E-state index >= 15 is 0 Å². The van der Waals surface area contributed by atoms with Crippen LogP contribution in [0, 0.1) is 17.2 Å². The third-order valence-electron chi connectivity index (χ3n) is 2.80. The van der Waals surface area contributed by atoms with Crippen LogP contribution in [-0.2, 0) is 6.54 Å². The summed E-state index contributed by atoms with van der Waals surface area (Å²) in [5, 5.41) is 12.3. The van der Waals surface area contributed by atoms with Gasteiger partial charge < -0.3 is 5.32 Å². The molecule has 14 heavy (non-hydrogen) atoms. The fourth-order valence-electron chi connectivity index (χ4n) is 1.63. The van der Waals surface area contributed by atoms with Crippen LogP contribution in [0.15, 0.2) is 24.3 Å². The summed E-state index contributed by atoms with van der Waals surface area (Å²) in [4.78, 5) is 0. The van der Waals surface area contributed by atoms with E-state index in [-0.39, 0.29) is 0 Å². The summed E-state index contributed by atoms with van der Waals surface area (Å²) >= 11 is 0. The van der Waals surface area contributed by atoms with Crippen molar-refractivity contribution in [1.29, 1.82) is 5.26 Å². The van der Waals surface area contributed by atoms with Crippen molar-refractivity contribution >= 4 is 0 Å². The Bertz CT molecular complexity index is 365. The molecule has 1 aliphatic carbocycles. The van der Waals surface area contributed by atoms with E-state index in [1.807, 2.05) is 24.3 Å². The van der Waals surface area contributed by atoms with Gasteiger partial charge in [-0.25, -0.2) is 0 Å². The van der Waals surface area contributed by atoms with E-state index in [4.69, 9.17) is 5.26 Å². The van der Waals surface area contributed by atoms with Crippen molar-refractivity contribution < 1.29 is 0 Å². The molecule has 0 bridgehead atoms. The summed E-state index contributed by atoms with van der Waals surface area (Å²) in [5.74, 6) is 0.809. The third kappa shape index (κ3) is 1.94. The zero-order valence-corrected chi connectivity index (χ0v) is 8.33. The molecule has 2 rings (SSSR count). The second kappa shape index (κ2) is 3.81. The molecule has 0 aliphatic heterocycles. The maximum Gasteiger partial charge on any atom is 0.0995 e. The third-order valence-corrected chi connectivity index (χ3v) is 2.80. The van der Waals surface area contributed by atoms with Crippen LogP contribution >= 0.6 is 0 Å². The first-order valence-corrected chi connectivity index (χ1v) is 5.02. The summed E-state index contributed by atoms with van der Waals surface area (Å²) in [6, 6.07) is 10.6. The van der Waals surface area contributed by atoms with Gasteiger partial charge in [0.25, 0.3) is 0 Å². The first-order chi connectivity index (χ1) is 6.81. The highest BCUT2D eigenvalue weighted by Gasteiger charge is 2.31. The number of rotatable bonds is 3. The first-order valence-electron chi connectivity index (χ1n) is 5.02. The van der Waals surface area contributed by atoms with Gasteiger partial charge in [-0.3, -0.25) is 0 Å². The minimum atomic E-state index is 0.668. The molecule has 0 saturated heterocycles. The predicted molar refractivity (Wildman–Crippen MR) is 55.6 cm³/mol. The largest absolute Gasteiger partial charge is 0.310 e. The van der Waals surface area contributed by atoms with Crippen LogP contribution in [0.25, 0.3) is 0 Å². The van der Waals surface area contributed by atoms with E-state index in [9.17, 15) is 0 Å². The average Bonchev–Trinajstić information content (AvgIpc) is 2.92. The van der Waals surface area contributed by atoms with Crippen LogP contribution in [0.3, 0.4) is 0 Å². The molecule has 1 saturated carbocycles. The molecule has 1 fully saturated rings. The smallest absolute Gasteiger partial charge is 0.0995 e. The Kier molecular flexibility index (Phi) is 2.51. The molecule has 0 heterocycles. The van der Waals surface area contributed by atoms with Gasteiger partial charge in [0, 0.05) is 12.6 Å². The van der Waals surface area contributed by atoms with Gasteiger partial charge in [0.2, 0.25) is 0 Å². The van der Waals surface area contributed by atoms with Gasteiger partial charge in [-0.15, -0.1) is 0 Å². The van der Waals surface area contributed by atoms with Crippen molar-refractivity contribution in [3.05, 3.63) is 35.4 Å². The minimum Gasteiger partial charge on any atom is -0.310 e. The zero-order valence-electron chi connectivity index (χ0n) is 8.33. The molecule has 2 heteroatoms. The van der Waals surface area contributed by atoms with Crippen molar-refractivity contribution in [2.45, 2.75) is 25.9 Å². The average molecular weight is 186 g/mol. The van der Waals surface area contributed by atoms with Crippen molar-refractivity contribution in [2.75, 3.05) is 0 Å². The summed E-state index contributed by atoms with van der Waals surface area (Å²) in [6.07, 6.45) is 1.27. The van der Waals surface area contributed by atoms with Gasteiger partial charge in [-0.05, 0) is 24.0 Å². The minimum absolute atomic E-state index is 0.668. The molecule has 0 aromatic heterocycles. The van der Waals surface area contributed by atoms with Crippen LogP contribution in [0.1, 0.15) is 24.5 Å². The lowest BCUT2D eigenvalue weighted by atomic mass is 10.1. The molecular formula is C12H14N2. The fourth-order valence-corrected chi connectivity index (χ4v) is 1.63. The van der Waals surface area contributed by atoms with Crippen LogP contribution in [0.2, 0.25) is 0 Å². The van der Waals surface area contributed by atoms with Crippen molar-refractivity contribution in [3.8, 4) is 6.07 Å². The van der Waals surface area contributed by atoms with Gasteiger partial charge in [-0.1, -0.05) is 25.1 Å². The van der Waals surface area contributed by atoms with E-state index in [1.165, 1.54) is 6.42 Å². The molecule has 1 aromatic rings. The molecule has 1 aliphatic rings. The molecule has 2 nitrogen and oxygen atoms in total. The molecular weight excluding hydrogens is 172 g/mol. The second-order valence-electron chi connectivity index (χ2n) is 3.97. The van der Waals surface area contributed by atoms with Crippen LogP contribution in [0.5, 0.6) is 0 Å².